The number of aliphatic imine (C=N–C) groups is 2. The Morgan fingerprint density at radius 2 is 0.950 bits per heavy atom. The number of carbonyl (C=O) groups excluding carboxylic acids is 13. The van der Waals surface area contributed by atoms with Crippen molar-refractivity contribution in [3.63, 3.8) is 0 Å². The van der Waals surface area contributed by atoms with E-state index < -0.39 is 205 Å². The van der Waals surface area contributed by atoms with Crippen LogP contribution in [0.4, 0.5) is 28.8 Å². The van der Waals surface area contributed by atoms with Crippen LogP contribution in [0.25, 0.3) is 0 Å². The van der Waals surface area contributed by atoms with Crippen molar-refractivity contribution in [1.29, 1.82) is 0 Å². The second kappa shape index (κ2) is 49.8. The van der Waals surface area contributed by atoms with Gasteiger partial charge in [-0.3, -0.25) is 45.2 Å². The highest BCUT2D eigenvalue weighted by molar-refractivity contribution is 6.02. The van der Waals surface area contributed by atoms with Gasteiger partial charge >= 0.3 is 48.6 Å². The summed E-state index contributed by atoms with van der Waals surface area (Å²) in [6.45, 7) is 22.6. The molecule has 119 heavy (non-hydrogen) atoms. The molecule has 0 radical (unpaired) electrons. The third-order valence-electron chi connectivity index (χ3n) is 15.8. The summed E-state index contributed by atoms with van der Waals surface area (Å²) >= 11 is 0. The highest BCUT2D eigenvalue weighted by atomic mass is 16.8. The number of amides is 9. The van der Waals surface area contributed by atoms with E-state index in [9.17, 15) is 62.3 Å². The lowest BCUT2D eigenvalue weighted by molar-refractivity contribution is -0.183. The molecule has 0 spiro atoms. The lowest BCUT2D eigenvalue weighted by Gasteiger charge is -2.48. The fraction of sp³-hybridized carbons (Fsp3) is 0.720. The summed E-state index contributed by atoms with van der Waals surface area (Å²) in [5.41, 5.74) is -6.19. The molecule has 0 aromatic carbocycles. The zero-order valence-electron chi connectivity index (χ0n) is 70.5. The van der Waals surface area contributed by atoms with E-state index >= 15 is 0 Å². The number of rotatable bonds is 43. The number of cyclic esters (lactones) is 4. The van der Waals surface area contributed by atoms with Gasteiger partial charge in [0.25, 0.3) is 0 Å². The summed E-state index contributed by atoms with van der Waals surface area (Å²) in [6, 6.07) is -5.76. The second-order valence-electron chi connectivity index (χ2n) is 30.6. The van der Waals surface area contributed by atoms with Crippen LogP contribution in [0.3, 0.4) is 0 Å². The average Bonchev–Trinajstić information content (AvgIpc) is 1.64. The van der Waals surface area contributed by atoms with Gasteiger partial charge in [0.15, 0.2) is 23.9 Å². The summed E-state index contributed by atoms with van der Waals surface area (Å²) in [7, 11) is 2.10. The predicted molar refractivity (Wildman–Crippen MR) is 412 cm³/mol. The summed E-state index contributed by atoms with van der Waals surface area (Å²) in [5.74, 6) is -4.98. The smallest absolute Gasteiger partial charge is 0.478 e. The summed E-state index contributed by atoms with van der Waals surface area (Å²) in [5, 5.41) is 20.2. The van der Waals surface area contributed by atoms with E-state index in [1.165, 1.54) is 11.8 Å². The van der Waals surface area contributed by atoms with Crippen molar-refractivity contribution < 1.29 is 157 Å². The number of methoxy groups -OCH3 is 2. The first kappa shape index (κ1) is 101. The molecule has 4 heterocycles. The Morgan fingerprint density at radius 1 is 0.538 bits per heavy atom. The third-order valence-corrected chi connectivity index (χ3v) is 15.8. The summed E-state index contributed by atoms with van der Waals surface area (Å²) < 4.78 is 111. The van der Waals surface area contributed by atoms with Crippen molar-refractivity contribution in [3.8, 4) is 12.3 Å². The standard InChI is InChI=1S/C75H117N11O33/c1-19-27-102-33-35-106-37-38-107-36-34-105-30-22-55(91)86(25-31-103-28-20-23-76-53(89)43-108-57(51-41-110-69(98)113-51)58-56(78-45(2)87)47(39-49(112-58)61(92)100-17)80-63(82-65(94)116-71(4,5)6)83-66(95)117-72(7,8)9)26-32-104-29-21-24-77-54(90)44-109-60(52-42-111-70(99)114-52)75(16)59(79-46(3)88)48(40-50(115-75)62(93)101-18)81-64(84-67(96)118-73(10,11)12)85-68(97)119-74(13,14)15/h1,39-40,47-48,51-52,56-60H,20-38,41-44H2,2-18H3,(H,76,89)(H,77,90)(H,78,87)(H,79,88)(H2,80,82,83,94,95)(H2,81,84,85,96,97)/t47-,48-,51+,52+,56+,57+,58+,59+,60+,75+/m0/s1. The molecule has 4 aliphatic rings. The quantitative estimate of drug-likeness (QED) is 0.0107. The first-order valence-electron chi connectivity index (χ1n) is 38.2. The Hall–Kier alpha value is -10.4. The van der Waals surface area contributed by atoms with Gasteiger partial charge in [-0.1, -0.05) is 5.92 Å². The summed E-state index contributed by atoms with van der Waals surface area (Å²) in [4.78, 5) is 182. The van der Waals surface area contributed by atoms with Crippen LogP contribution in [0.15, 0.2) is 33.7 Å². The Morgan fingerprint density at radius 3 is 1.38 bits per heavy atom. The van der Waals surface area contributed by atoms with Crippen LogP contribution in [0.2, 0.25) is 0 Å². The molecule has 0 unspecified atom stereocenters. The number of nitrogens with zero attached hydrogens (tertiary/aromatic N) is 3. The SMILES string of the molecule is C#CCOCCOCCOCCOCCC(=O)N(CCOCCCNC(=O)CO[C@@H]([C@@H]1OC(C(=O)OC)=C[C@H](N=C(NC(=O)OC(C)(C)C)NC(=O)OC(C)(C)C)[C@H]1NC(C)=O)[C@H]1COC(=O)O1)CCOCCCNC(=O)CO[C@H]([C@H]1COC(=O)O1)[C@]1(C)OC(C(=O)OC)=C[C@H](N=C(NC(=O)OC(C)(C)C)NC(=O)OC(C)(C)C)[C@H]1NC(C)=O. The fourth-order valence-corrected chi connectivity index (χ4v) is 11.1. The maximum atomic E-state index is 13.7. The van der Waals surface area contributed by atoms with Gasteiger partial charge in [-0.25, -0.2) is 48.3 Å². The Balaban J connectivity index is 1.43. The molecule has 0 aliphatic carbocycles. The lowest BCUT2D eigenvalue weighted by Crippen LogP contribution is -2.68. The molecule has 44 heteroatoms. The number of ether oxygens (including phenoxy) is 20. The van der Waals surface area contributed by atoms with Crippen LogP contribution >= 0.6 is 0 Å². The number of nitrogens with one attached hydrogen (secondary N) is 8. The largest absolute Gasteiger partial charge is 0.508 e. The van der Waals surface area contributed by atoms with Crippen LogP contribution < -0.4 is 42.5 Å². The van der Waals surface area contributed by atoms with Crippen LogP contribution in [-0.2, 0) is 128 Å². The molecule has 10 atom stereocenters. The van der Waals surface area contributed by atoms with Crippen LogP contribution in [0.5, 0.6) is 0 Å². The maximum Gasteiger partial charge on any atom is 0.508 e. The molecule has 4 rings (SSSR count). The fourth-order valence-electron chi connectivity index (χ4n) is 11.1. The van der Waals surface area contributed by atoms with Gasteiger partial charge < -0.3 is 121 Å². The normalized spacial score (nSPS) is 20.0. The van der Waals surface area contributed by atoms with Gasteiger partial charge in [-0.05, 0) is 115 Å². The maximum absolute atomic E-state index is 13.7. The van der Waals surface area contributed by atoms with Crippen LogP contribution in [0.1, 0.15) is 123 Å². The van der Waals surface area contributed by atoms with Gasteiger partial charge in [0.1, 0.15) is 73.7 Å². The molecule has 0 aromatic heterocycles. The van der Waals surface area contributed by atoms with E-state index in [0.717, 1.165) is 40.2 Å². The molecule has 44 nitrogen and oxygen atoms in total. The predicted octanol–water partition coefficient (Wildman–Crippen LogP) is 1.65. The van der Waals surface area contributed by atoms with E-state index in [4.69, 9.17) is 101 Å². The topological polar surface area (TPSA) is 531 Å². The van der Waals surface area contributed by atoms with Gasteiger partial charge in [0.2, 0.25) is 53.0 Å². The lowest BCUT2D eigenvalue weighted by atomic mass is 9.80. The molecule has 670 valence electrons. The zero-order valence-corrected chi connectivity index (χ0v) is 70.5. The van der Waals surface area contributed by atoms with Gasteiger partial charge in [-0.2, -0.15) is 0 Å². The highest BCUT2D eigenvalue weighted by Gasteiger charge is 2.58. The Kier molecular flexibility index (Phi) is 42.3. The molecule has 4 aliphatic heterocycles. The van der Waals surface area contributed by atoms with E-state index in [2.05, 4.69) is 58.4 Å². The van der Waals surface area contributed by atoms with Gasteiger partial charge in [-0.15, -0.1) is 6.42 Å². The van der Waals surface area contributed by atoms with Crippen molar-refractivity contribution in [3.05, 3.63) is 23.7 Å². The minimum atomic E-state index is -2.06. The number of terminal acetylenes is 1. The van der Waals surface area contributed by atoms with E-state index in [1.807, 2.05) is 0 Å². The minimum Gasteiger partial charge on any atom is -0.478 e. The zero-order chi connectivity index (χ0) is 88.7. The molecular formula is C75H117N11O33. The molecule has 9 amide bonds. The number of alkyl carbamates (subject to hydrolysis) is 4. The molecule has 0 aromatic rings. The Labute approximate surface area is 690 Å². The van der Waals surface area contributed by atoms with Crippen molar-refractivity contribution in [2.24, 2.45) is 9.98 Å². The number of carbonyl (C=O) groups is 13. The van der Waals surface area contributed by atoms with E-state index in [-0.39, 0.29) is 111 Å². The van der Waals surface area contributed by atoms with Crippen molar-refractivity contribution in [1.82, 2.24) is 47.4 Å². The molecule has 0 saturated carbocycles. The van der Waals surface area contributed by atoms with Gasteiger partial charge in [0.05, 0.1) is 98.2 Å². The summed E-state index contributed by atoms with van der Waals surface area (Å²) in [6.07, 6.45) is -6.04. The first-order valence-corrected chi connectivity index (χ1v) is 38.2. The van der Waals surface area contributed by atoms with Crippen LogP contribution in [0, 0.1) is 12.3 Å². The number of hydrogen-bond acceptors (Lipinski definition) is 35. The average molecular weight is 1700 g/mol. The number of hydrogen-bond donors (Lipinski definition) is 8. The molecule has 2 saturated heterocycles. The number of guanidine groups is 2. The minimum absolute atomic E-state index is 0.0245. The van der Waals surface area contributed by atoms with E-state index in [0.29, 0.717) is 19.8 Å². The van der Waals surface area contributed by atoms with Crippen molar-refractivity contribution in [2.45, 2.75) is 206 Å². The third kappa shape index (κ3) is 39.8. The Bertz CT molecular complexity index is 3510. The second-order valence-corrected chi connectivity index (χ2v) is 30.6. The highest BCUT2D eigenvalue weighted by Crippen LogP contribution is 2.38. The monoisotopic (exact) mass is 1700 g/mol. The van der Waals surface area contributed by atoms with Crippen molar-refractivity contribution in [2.75, 3.05) is 146 Å². The molecule has 2 fully saturated rings. The molecule has 0 bridgehead atoms. The van der Waals surface area contributed by atoms with Gasteiger partial charge in [0, 0.05) is 53.2 Å². The number of esters is 2. The van der Waals surface area contributed by atoms with Crippen molar-refractivity contribution >= 4 is 90.1 Å². The van der Waals surface area contributed by atoms with E-state index in [1.54, 1.807) is 83.1 Å². The molecule has 8 N–H and O–H groups in total. The first-order chi connectivity index (χ1) is 55.9. The molecular weight excluding hydrogens is 1580 g/mol. The van der Waals surface area contributed by atoms with Crippen LogP contribution in [-0.4, -0.2) is 324 Å².